The number of hydrogen-bond donors (Lipinski definition) is 0. The van der Waals surface area contributed by atoms with E-state index in [1.54, 1.807) is 0 Å². The van der Waals surface area contributed by atoms with Gasteiger partial charge in [0.2, 0.25) is 0 Å². The Morgan fingerprint density at radius 3 is 1.06 bits per heavy atom. The van der Waals surface area contributed by atoms with Crippen molar-refractivity contribution >= 4 is 0 Å². The summed E-state index contributed by atoms with van der Waals surface area (Å²) in [5.41, 5.74) is 0. The first-order chi connectivity index (χ1) is 8.58. The fraction of sp³-hybridized carbons (Fsp3) is 0.250. The molecule has 1 rings (SSSR count). The lowest BCUT2D eigenvalue weighted by molar-refractivity contribution is -0.887. The van der Waals surface area contributed by atoms with Crippen molar-refractivity contribution in [1.29, 1.82) is 0 Å². The first kappa shape index (κ1) is 13.7. The molecule has 0 bridgehead atoms. The molecule has 6 heteroatoms. The van der Waals surface area contributed by atoms with E-state index in [0.717, 1.165) is 0 Å². The molecule has 0 saturated carbocycles. The van der Waals surface area contributed by atoms with E-state index < -0.39 is 0 Å². The Morgan fingerprint density at radius 2 is 0.889 bits per heavy atom. The van der Waals surface area contributed by atoms with Gasteiger partial charge in [-0.2, -0.15) is 0 Å². The van der Waals surface area contributed by atoms with Crippen LogP contribution < -0.4 is 14.2 Å². The summed E-state index contributed by atoms with van der Waals surface area (Å²) in [4.78, 5) is 0. The smallest absolute Gasteiger partial charge is 0.455 e. The van der Waals surface area contributed by atoms with Crippen molar-refractivity contribution in [3.63, 3.8) is 0 Å². The maximum Gasteiger partial charge on any atom is 0.455 e. The van der Waals surface area contributed by atoms with Crippen molar-refractivity contribution < 1.29 is 14.2 Å². The molecular weight excluding hydrogens is 234 g/mol. The zero-order valence-corrected chi connectivity index (χ0v) is 10.0. The lowest BCUT2D eigenvalue weighted by atomic mass is 10.3. The van der Waals surface area contributed by atoms with Crippen molar-refractivity contribution in [2.75, 3.05) is 0 Å². The van der Waals surface area contributed by atoms with Gasteiger partial charge < -0.3 is 15.6 Å². The van der Waals surface area contributed by atoms with Gasteiger partial charge in [0.1, 0.15) is 19.3 Å². The summed E-state index contributed by atoms with van der Waals surface area (Å²) < 4.78 is 1.03. The highest BCUT2D eigenvalue weighted by Gasteiger charge is 2.34. The molecule has 0 aliphatic carbocycles. The van der Waals surface area contributed by atoms with E-state index in [0.29, 0.717) is 14.2 Å². The van der Waals surface area contributed by atoms with Crippen LogP contribution in [0.15, 0.2) is 38.0 Å². The van der Waals surface area contributed by atoms with Crippen molar-refractivity contribution in [2.45, 2.75) is 19.3 Å². The van der Waals surface area contributed by atoms with E-state index in [2.05, 4.69) is 19.7 Å². The van der Waals surface area contributed by atoms with Crippen LogP contribution >= 0.6 is 0 Å². The largest absolute Gasteiger partial charge is 0.610 e. The Hall–Kier alpha value is -2.37. The van der Waals surface area contributed by atoms with Crippen LogP contribution in [-0.4, -0.2) is 0 Å². The Morgan fingerprint density at radius 1 is 0.667 bits per heavy atom. The van der Waals surface area contributed by atoms with E-state index in [9.17, 15) is 15.6 Å². The van der Waals surface area contributed by atoms with Gasteiger partial charge in [-0.25, -0.2) is 0 Å². The summed E-state index contributed by atoms with van der Waals surface area (Å²) in [6.07, 6.45) is 4.56. The lowest BCUT2D eigenvalue weighted by Crippen LogP contribution is -2.64. The highest BCUT2D eigenvalue weighted by Crippen LogP contribution is 1.95. The Labute approximate surface area is 105 Å². The minimum atomic E-state index is -0.0780. The van der Waals surface area contributed by atoms with Crippen LogP contribution in [-0.2, 0) is 19.3 Å². The Bertz CT molecular complexity index is 405. The van der Waals surface area contributed by atoms with Gasteiger partial charge in [0, 0.05) is 0 Å². The van der Waals surface area contributed by atoms with Gasteiger partial charge in [0.15, 0.2) is 0 Å². The zero-order valence-electron chi connectivity index (χ0n) is 10.0. The van der Waals surface area contributed by atoms with Crippen LogP contribution in [0.3, 0.4) is 0 Å². The van der Waals surface area contributed by atoms with E-state index in [1.807, 2.05) is 0 Å². The molecule has 0 amide bonds. The van der Waals surface area contributed by atoms with Crippen molar-refractivity contribution in [3.8, 4) is 0 Å². The molecule has 0 N–H and O–H groups in total. The van der Waals surface area contributed by atoms with Gasteiger partial charge in [-0.15, -0.1) is 19.7 Å². The average molecular weight is 249 g/mol. The molecule has 0 saturated heterocycles. The molecule has 0 aliphatic rings. The summed E-state index contributed by atoms with van der Waals surface area (Å²) in [7, 11) is 0. The number of aromatic nitrogens is 3. The van der Waals surface area contributed by atoms with Gasteiger partial charge in [-0.1, -0.05) is 32.4 Å². The van der Waals surface area contributed by atoms with Gasteiger partial charge in [0.25, 0.3) is 0 Å². The van der Waals surface area contributed by atoms with Crippen LogP contribution in [0.25, 0.3) is 0 Å². The van der Waals surface area contributed by atoms with Gasteiger partial charge in [-0.3, -0.25) is 0 Å². The monoisotopic (exact) mass is 249 g/mol. The second-order valence-electron chi connectivity index (χ2n) is 3.61. The first-order valence-electron chi connectivity index (χ1n) is 5.40. The molecule has 0 spiro atoms. The minimum absolute atomic E-state index is 0.0780. The standard InChI is InChI=1S/C12H15N3O3/c1-4-7-10-13(16)11(8-5-2)15(18)12(9-6-3)14(10)17/h4-6H,1-3,7-9H2. The summed E-state index contributed by atoms with van der Waals surface area (Å²) in [5.74, 6) is -0.234. The van der Waals surface area contributed by atoms with Crippen molar-refractivity contribution in [3.05, 3.63) is 71.1 Å². The van der Waals surface area contributed by atoms with E-state index in [4.69, 9.17) is 0 Å². The summed E-state index contributed by atoms with van der Waals surface area (Å²) in [5, 5.41) is 35.7. The average Bonchev–Trinajstić information content (AvgIpc) is 2.35. The second kappa shape index (κ2) is 5.81. The third-order valence-corrected chi connectivity index (χ3v) is 2.39. The predicted molar refractivity (Wildman–Crippen MR) is 65.0 cm³/mol. The minimum Gasteiger partial charge on any atom is -0.610 e. The SMILES string of the molecule is C=CCc1[n+]([O-])c(CC=C)[n+]([O-])c(CC=C)[n+]1[O-]. The van der Waals surface area contributed by atoms with E-state index in [1.165, 1.54) is 18.2 Å². The summed E-state index contributed by atoms with van der Waals surface area (Å²) >= 11 is 0. The number of hydrogen-bond acceptors (Lipinski definition) is 3. The number of rotatable bonds is 6. The molecule has 18 heavy (non-hydrogen) atoms. The molecule has 0 atom stereocenters. The molecule has 6 nitrogen and oxygen atoms in total. The fourth-order valence-corrected chi connectivity index (χ4v) is 1.58. The Balaban J connectivity index is 3.56. The number of nitrogens with zero attached hydrogens (tertiary/aromatic N) is 3. The zero-order chi connectivity index (χ0) is 13.7. The van der Waals surface area contributed by atoms with Crippen LogP contribution in [0.2, 0.25) is 0 Å². The lowest BCUT2D eigenvalue weighted by Gasteiger charge is -2.09. The van der Waals surface area contributed by atoms with E-state index in [-0.39, 0.29) is 36.7 Å². The molecule has 1 aromatic rings. The van der Waals surface area contributed by atoms with Crippen LogP contribution in [0.4, 0.5) is 0 Å². The topological polar surface area (TPSA) is 80.8 Å². The van der Waals surface area contributed by atoms with Crippen LogP contribution in [0, 0.1) is 15.6 Å². The maximum atomic E-state index is 11.9. The molecular formula is C12H15N3O3. The van der Waals surface area contributed by atoms with Gasteiger partial charge >= 0.3 is 17.5 Å². The first-order valence-corrected chi connectivity index (χ1v) is 5.40. The normalized spacial score (nSPS) is 10.0. The summed E-state index contributed by atoms with van der Waals surface area (Å²) in [6.45, 7) is 10.4. The molecule has 0 aliphatic heterocycles. The molecule has 0 fully saturated rings. The second-order valence-corrected chi connectivity index (χ2v) is 3.61. The molecule has 0 unspecified atom stereocenters. The highest BCUT2D eigenvalue weighted by molar-refractivity contribution is 4.88. The molecule has 0 radical (unpaired) electrons. The molecule has 1 heterocycles. The van der Waals surface area contributed by atoms with Crippen molar-refractivity contribution in [2.24, 2.45) is 0 Å². The quantitative estimate of drug-likeness (QED) is 0.397. The van der Waals surface area contributed by atoms with E-state index >= 15 is 0 Å². The number of allylic oxidation sites excluding steroid dienone is 3. The van der Waals surface area contributed by atoms with Gasteiger partial charge in [0.05, 0.1) is 0 Å². The molecule has 0 aromatic carbocycles. The van der Waals surface area contributed by atoms with Gasteiger partial charge in [-0.05, 0) is 0 Å². The Kier molecular flexibility index (Phi) is 4.42. The van der Waals surface area contributed by atoms with Crippen molar-refractivity contribution in [1.82, 2.24) is 0 Å². The third-order valence-electron chi connectivity index (χ3n) is 2.39. The van der Waals surface area contributed by atoms with Crippen LogP contribution in [0.5, 0.6) is 0 Å². The van der Waals surface area contributed by atoms with Crippen LogP contribution in [0.1, 0.15) is 17.5 Å². The fourth-order valence-electron chi connectivity index (χ4n) is 1.58. The third kappa shape index (κ3) is 2.32. The molecule has 1 aromatic heterocycles. The summed E-state index contributed by atoms with van der Waals surface area (Å²) in [6, 6.07) is 0. The molecule has 96 valence electrons. The maximum absolute atomic E-state index is 11.9. The predicted octanol–water partition coefficient (Wildman–Crippen LogP) is -0.228. The highest BCUT2D eigenvalue weighted by atomic mass is 16.5.